The molecule has 0 aliphatic carbocycles. The Morgan fingerprint density at radius 3 is 2.46 bits per heavy atom. The standard InChI is InChI=1S/C17H19N3O2S2/c1-13-2-4-14(5-3-13)12-24-11-10-18-17(23)19-15-6-8-16(9-7-15)20(21)22/h2-9H,10-12H2,1H3,(H2,18,19,23). The van der Waals surface area contributed by atoms with Crippen LogP contribution in [0.1, 0.15) is 11.1 Å². The largest absolute Gasteiger partial charge is 0.362 e. The van der Waals surface area contributed by atoms with E-state index in [0.717, 1.165) is 23.7 Å². The summed E-state index contributed by atoms with van der Waals surface area (Å²) in [5.41, 5.74) is 3.38. The Kier molecular flexibility index (Phi) is 7.02. The third kappa shape index (κ3) is 6.17. The third-order valence-corrected chi connectivity index (χ3v) is 4.53. The average molecular weight is 361 g/mol. The van der Waals surface area contributed by atoms with Crippen LogP contribution in [0.2, 0.25) is 0 Å². The molecule has 0 spiro atoms. The molecule has 0 atom stereocenters. The van der Waals surface area contributed by atoms with Crippen molar-refractivity contribution in [3.05, 3.63) is 69.8 Å². The molecular weight excluding hydrogens is 342 g/mol. The lowest BCUT2D eigenvalue weighted by molar-refractivity contribution is -0.384. The van der Waals surface area contributed by atoms with Crippen molar-refractivity contribution in [2.45, 2.75) is 12.7 Å². The normalized spacial score (nSPS) is 10.2. The molecule has 0 amide bonds. The van der Waals surface area contributed by atoms with Gasteiger partial charge < -0.3 is 10.6 Å². The molecule has 0 saturated carbocycles. The molecular formula is C17H19N3O2S2. The van der Waals surface area contributed by atoms with Crippen LogP contribution in [0.4, 0.5) is 11.4 Å². The number of nitrogens with one attached hydrogen (secondary N) is 2. The molecule has 0 fully saturated rings. The highest BCUT2D eigenvalue weighted by atomic mass is 32.2. The smallest absolute Gasteiger partial charge is 0.269 e. The van der Waals surface area contributed by atoms with Crippen molar-refractivity contribution < 1.29 is 4.92 Å². The maximum absolute atomic E-state index is 10.6. The fourth-order valence-electron chi connectivity index (χ4n) is 1.95. The fraction of sp³-hybridized carbons (Fsp3) is 0.235. The van der Waals surface area contributed by atoms with Gasteiger partial charge in [-0.15, -0.1) is 0 Å². The van der Waals surface area contributed by atoms with Crippen LogP contribution >= 0.6 is 24.0 Å². The molecule has 2 N–H and O–H groups in total. The van der Waals surface area contributed by atoms with Crippen LogP contribution < -0.4 is 10.6 Å². The highest BCUT2D eigenvalue weighted by Gasteiger charge is 2.04. The molecule has 0 aliphatic heterocycles. The first-order valence-electron chi connectivity index (χ1n) is 7.47. The minimum absolute atomic E-state index is 0.0620. The summed E-state index contributed by atoms with van der Waals surface area (Å²) in [6, 6.07) is 14.7. The van der Waals surface area contributed by atoms with E-state index in [4.69, 9.17) is 12.2 Å². The van der Waals surface area contributed by atoms with Gasteiger partial charge in [-0.05, 0) is 36.8 Å². The molecule has 0 bridgehead atoms. The number of benzene rings is 2. The molecule has 2 aromatic rings. The number of rotatable bonds is 7. The number of thiocarbonyl (C=S) groups is 1. The van der Waals surface area contributed by atoms with E-state index in [0.29, 0.717) is 5.11 Å². The Morgan fingerprint density at radius 2 is 1.83 bits per heavy atom. The molecule has 0 saturated heterocycles. The Labute approximate surface area is 151 Å². The summed E-state index contributed by atoms with van der Waals surface area (Å²) in [7, 11) is 0. The number of anilines is 1. The molecule has 0 aliphatic rings. The zero-order chi connectivity index (χ0) is 17.4. The highest BCUT2D eigenvalue weighted by Crippen LogP contribution is 2.15. The summed E-state index contributed by atoms with van der Waals surface area (Å²) in [4.78, 5) is 10.2. The Morgan fingerprint density at radius 1 is 1.17 bits per heavy atom. The van der Waals surface area contributed by atoms with Crippen molar-refractivity contribution >= 4 is 40.5 Å². The topological polar surface area (TPSA) is 67.2 Å². The van der Waals surface area contributed by atoms with Gasteiger partial charge in [0.05, 0.1) is 4.92 Å². The first-order valence-corrected chi connectivity index (χ1v) is 9.03. The van der Waals surface area contributed by atoms with Crippen LogP contribution in [0.15, 0.2) is 48.5 Å². The van der Waals surface area contributed by atoms with Gasteiger partial charge in [-0.3, -0.25) is 10.1 Å². The van der Waals surface area contributed by atoms with Crippen molar-refractivity contribution in [2.75, 3.05) is 17.6 Å². The molecule has 24 heavy (non-hydrogen) atoms. The fourth-order valence-corrected chi connectivity index (χ4v) is 2.99. The second-order valence-corrected chi connectivity index (χ2v) is 6.74. The van der Waals surface area contributed by atoms with Gasteiger partial charge in [0.2, 0.25) is 0 Å². The summed E-state index contributed by atoms with van der Waals surface area (Å²) in [5, 5.41) is 17.3. The molecule has 5 nitrogen and oxygen atoms in total. The van der Waals surface area contributed by atoms with Gasteiger partial charge in [0.15, 0.2) is 5.11 Å². The quantitative estimate of drug-likeness (QED) is 0.335. The van der Waals surface area contributed by atoms with Gasteiger partial charge in [0.1, 0.15) is 0 Å². The minimum Gasteiger partial charge on any atom is -0.362 e. The Balaban J connectivity index is 1.64. The van der Waals surface area contributed by atoms with Crippen molar-refractivity contribution in [1.29, 1.82) is 0 Å². The lowest BCUT2D eigenvalue weighted by Gasteiger charge is -2.10. The number of thioether (sulfide) groups is 1. The van der Waals surface area contributed by atoms with Crippen LogP contribution in [0.3, 0.4) is 0 Å². The maximum atomic E-state index is 10.6. The molecule has 7 heteroatoms. The van der Waals surface area contributed by atoms with E-state index in [1.165, 1.54) is 23.3 Å². The lowest BCUT2D eigenvalue weighted by Crippen LogP contribution is -2.30. The average Bonchev–Trinajstić information content (AvgIpc) is 2.56. The van der Waals surface area contributed by atoms with E-state index in [2.05, 4.69) is 41.8 Å². The number of aryl methyl sites for hydroxylation is 1. The number of nitro benzene ring substituents is 1. The van der Waals surface area contributed by atoms with E-state index in [1.807, 2.05) is 11.8 Å². The summed E-state index contributed by atoms with van der Waals surface area (Å²) >= 11 is 7.05. The lowest BCUT2D eigenvalue weighted by atomic mass is 10.2. The van der Waals surface area contributed by atoms with Gasteiger partial charge in [-0.25, -0.2) is 0 Å². The van der Waals surface area contributed by atoms with Gasteiger partial charge in [-0.1, -0.05) is 29.8 Å². The molecule has 2 rings (SSSR count). The molecule has 0 heterocycles. The zero-order valence-electron chi connectivity index (χ0n) is 13.3. The monoisotopic (exact) mass is 361 g/mol. The van der Waals surface area contributed by atoms with E-state index in [-0.39, 0.29) is 5.69 Å². The summed E-state index contributed by atoms with van der Waals surface area (Å²) < 4.78 is 0. The van der Waals surface area contributed by atoms with Crippen LogP contribution in [0.5, 0.6) is 0 Å². The van der Waals surface area contributed by atoms with E-state index in [1.54, 1.807) is 12.1 Å². The van der Waals surface area contributed by atoms with Gasteiger partial charge in [0, 0.05) is 35.9 Å². The molecule has 0 radical (unpaired) electrons. The molecule has 2 aromatic carbocycles. The van der Waals surface area contributed by atoms with E-state index in [9.17, 15) is 10.1 Å². The van der Waals surface area contributed by atoms with Gasteiger partial charge >= 0.3 is 0 Å². The predicted molar refractivity (Wildman–Crippen MR) is 105 cm³/mol. The molecule has 0 aromatic heterocycles. The Hall–Kier alpha value is -2.12. The number of nitrogens with zero attached hydrogens (tertiary/aromatic N) is 1. The number of non-ortho nitro benzene ring substituents is 1. The second kappa shape index (κ2) is 9.24. The third-order valence-electron chi connectivity index (χ3n) is 3.26. The second-order valence-electron chi connectivity index (χ2n) is 5.22. The van der Waals surface area contributed by atoms with Crippen molar-refractivity contribution in [3.63, 3.8) is 0 Å². The first kappa shape index (κ1) is 18.2. The zero-order valence-corrected chi connectivity index (χ0v) is 15.0. The summed E-state index contributed by atoms with van der Waals surface area (Å²) in [6.07, 6.45) is 0. The van der Waals surface area contributed by atoms with Crippen LogP contribution in [-0.2, 0) is 5.75 Å². The van der Waals surface area contributed by atoms with Crippen LogP contribution in [0.25, 0.3) is 0 Å². The number of hydrogen-bond acceptors (Lipinski definition) is 4. The maximum Gasteiger partial charge on any atom is 0.269 e. The van der Waals surface area contributed by atoms with Crippen molar-refractivity contribution in [2.24, 2.45) is 0 Å². The van der Waals surface area contributed by atoms with E-state index >= 15 is 0 Å². The molecule has 126 valence electrons. The molecule has 0 unspecified atom stereocenters. The predicted octanol–water partition coefficient (Wildman–Crippen LogP) is 4.12. The van der Waals surface area contributed by atoms with Crippen molar-refractivity contribution in [3.8, 4) is 0 Å². The number of nitro groups is 1. The van der Waals surface area contributed by atoms with E-state index < -0.39 is 4.92 Å². The van der Waals surface area contributed by atoms with Crippen LogP contribution in [0, 0.1) is 17.0 Å². The number of hydrogen-bond donors (Lipinski definition) is 2. The minimum atomic E-state index is -0.425. The summed E-state index contributed by atoms with van der Waals surface area (Å²) in [5.74, 6) is 1.92. The summed E-state index contributed by atoms with van der Waals surface area (Å²) in [6.45, 7) is 2.84. The van der Waals surface area contributed by atoms with Crippen LogP contribution in [-0.4, -0.2) is 22.3 Å². The SMILES string of the molecule is Cc1ccc(CSCCNC(=S)Nc2ccc([N+](=O)[O-])cc2)cc1. The Bertz CT molecular complexity index is 688. The highest BCUT2D eigenvalue weighted by molar-refractivity contribution is 7.98. The van der Waals surface area contributed by atoms with Crippen molar-refractivity contribution in [1.82, 2.24) is 5.32 Å². The van der Waals surface area contributed by atoms with Gasteiger partial charge in [0.25, 0.3) is 5.69 Å². The first-order chi connectivity index (χ1) is 11.5. The van der Waals surface area contributed by atoms with Gasteiger partial charge in [-0.2, -0.15) is 11.8 Å².